The molecule has 0 fully saturated rings. The van der Waals surface area contributed by atoms with Gasteiger partial charge in [-0.2, -0.15) is 0 Å². The molecule has 0 aromatic carbocycles. The summed E-state index contributed by atoms with van der Waals surface area (Å²) in [5.41, 5.74) is 1.43. The molecule has 0 bridgehead atoms. The molecular formula is C22H40N4O3. The molecule has 1 heterocycles. The lowest BCUT2D eigenvalue weighted by atomic mass is 9.88. The molecule has 1 unspecified atom stereocenters. The topological polar surface area (TPSA) is 73.0 Å². The zero-order valence-corrected chi connectivity index (χ0v) is 19.2. The number of hydrogen-bond donors (Lipinski definition) is 1. The van der Waals surface area contributed by atoms with Gasteiger partial charge in [-0.1, -0.05) is 13.3 Å². The number of allylic oxidation sites excluding steroid dienone is 1. The Kier molecular flexibility index (Phi) is 10.9. The van der Waals surface area contributed by atoms with Gasteiger partial charge in [0.2, 0.25) is 11.8 Å². The van der Waals surface area contributed by atoms with Crippen LogP contribution in [0.4, 0.5) is 0 Å². The van der Waals surface area contributed by atoms with Gasteiger partial charge >= 0.3 is 0 Å². The summed E-state index contributed by atoms with van der Waals surface area (Å²) in [5.74, 6) is -0.640. The zero-order valence-electron chi connectivity index (χ0n) is 19.2. The Hall–Kier alpha value is -1.89. The van der Waals surface area contributed by atoms with E-state index in [1.54, 1.807) is 9.80 Å². The molecule has 1 rings (SSSR count). The Labute approximate surface area is 176 Å². The lowest BCUT2D eigenvalue weighted by Crippen LogP contribution is -2.45. The van der Waals surface area contributed by atoms with E-state index in [-0.39, 0.29) is 24.1 Å². The van der Waals surface area contributed by atoms with Crippen molar-refractivity contribution in [1.29, 1.82) is 0 Å². The molecule has 1 aliphatic heterocycles. The number of rotatable bonds is 12. The van der Waals surface area contributed by atoms with Crippen molar-refractivity contribution in [3.63, 3.8) is 0 Å². The number of hydrogen-bond acceptors (Lipinski definition) is 4. The summed E-state index contributed by atoms with van der Waals surface area (Å²) >= 11 is 0. The Morgan fingerprint density at radius 3 is 2.34 bits per heavy atom. The second-order valence-corrected chi connectivity index (χ2v) is 8.00. The number of carbonyl (C=O) groups is 3. The molecule has 166 valence electrons. The van der Waals surface area contributed by atoms with E-state index in [4.69, 9.17) is 0 Å². The maximum Gasteiger partial charge on any atom is 0.251 e. The van der Waals surface area contributed by atoms with Crippen LogP contribution < -0.4 is 5.32 Å². The first-order chi connectivity index (χ1) is 13.8. The summed E-state index contributed by atoms with van der Waals surface area (Å²) < 4.78 is 0. The largest absolute Gasteiger partial charge is 0.356 e. The second-order valence-electron chi connectivity index (χ2n) is 8.00. The van der Waals surface area contributed by atoms with Crippen LogP contribution in [0.3, 0.4) is 0 Å². The SMILES string of the molecule is CCCCN1C(=O)C(CC(=O)NCCCN(C)C)CC(C(=O)N(CC)CC)=C1C. The Morgan fingerprint density at radius 1 is 1.14 bits per heavy atom. The van der Waals surface area contributed by atoms with Crippen LogP contribution in [0, 0.1) is 5.92 Å². The van der Waals surface area contributed by atoms with Gasteiger partial charge in [-0.25, -0.2) is 0 Å². The predicted octanol–water partition coefficient (Wildman–Crippen LogP) is 2.24. The van der Waals surface area contributed by atoms with Crippen molar-refractivity contribution in [3.8, 4) is 0 Å². The fourth-order valence-corrected chi connectivity index (χ4v) is 3.65. The first-order valence-corrected chi connectivity index (χ1v) is 11.0. The van der Waals surface area contributed by atoms with Gasteiger partial charge in [0.1, 0.15) is 0 Å². The summed E-state index contributed by atoms with van der Waals surface area (Å²) in [6, 6.07) is 0. The van der Waals surface area contributed by atoms with Crippen LogP contribution in [0.1, 0.15) is 59.8 Å². The molecule has 1 N–H and O–H groups in total. The zero-order chi connectivity index (χ0) is 22.0. The van der Waals surface area contributed by atoms with Crippen molar-refractivity contribution >= 4 is 17.7 Å². The molecular weight excluding hydrogens is 368 g/mol. The Balaban J connectivity index is 2.92. The normalized spacial score (nSPS) is 17.1. The van der Waals surface area contributed by atoms with Crippen molar-refractivity contribution < 1.29 is 14.4 Å². The van der Waals surface area contributed by atoms with Crippen LogP contribution in [-0.2, 0) is 14.4 Å². The molecule has 0 saturated carbocycles. The van der Waals surface area contributed by atoms with E-state index in [0.29, 0.717) is 38.2 Å². The summed E-state index contributed by atoms with van der Waals surface area (Å²) in [6.45, 7) is 11.2. The average molecular weight is 409 g/mol. The van der Waals surface area contributed by atoms with E-state index in [1.165, 1.54) is 0 Å². The van der Waals surface area contributed by atoms with E-state index in [9.17, 15) is 14.4 Å². The molecule has 7 nitrogen and oxygen atoms in total. The Morgan fingerprint density at radius 2 is 1.79 bits per heavy atom. The first kappa shape index (κ1) is 25.1. The van der Waals surface area contributed by atoms with Crippen molar-refractivity contribution in [2.45, 2.75) is 59.8 Å². The molecule has 1 aliphatic rings. The fraction of sp³-hybridized carbons (Fsp3) is 0.773. The minimum atomic E-state index is -0.473. The van der Waals surface area contributed by atoms with Crippen molar-refractivity contribution in [1.82, 2.24) is 20.0 Å². The van der Waals surface area contributed by atoms with Gasteiger partial charge in [-0.3, -0.25) is 14.4 Å². The van der Waals surface area contributed by atoms with E-state index < -0.39 is 5.92 Å². The molecule has 0 saturated heterocycles. The lowest BCUT2D eigenvalue weighted by molar-refractivity contribution is -0.138. The number of likely N-dealkylation sites (N-methyl/N-ethyl adjacent to an activating group) is 1. The minimum Gasteiger partial charge on any atom is -0.356 e. The molecule has 3 amide bonds. The molecule has 1 atom stereocenters. The predicted molar refractivity (Wildman–Crippen MR) is 116 cm³/mol. The number of amides is 3. The van der Waals surface area contributed by atoms with E-state index in [1.807, 2.05) is 34.9 Å². The maximum atomic E-state index is 13.1. The van der Waals surface area contributed by atoms with Crippen molar-refractivity contribution in [3.05, 3.63) is 11.3 Å². The molecule has 0 radical (unpaired) electrons. The molecule has 7 heteroatoms. The highest BCUT2D eigenvalue weighted by molar-refractivity contribution is 5.98. The third-order valence-electron chi connectivity index (χ3n) is 5.49. The summed E-state index contributed by atoms with van der Waals surface area (Å²) in [5, 5.41) is 2.92. The highest BCUT2D eigenvalue weighted by Gasteiger charge is 2.36. The van der Waals surface area contributed by atoms with Crippen LogP contribution in [0.15, 0.2) is 11.3 Å². The smallest absolute Gasteiger partial charge is 0.251 e. The van der Waals surface area contributed by atoms with E-state index in [0.717, 1.165) is 31.5 Å². The number of nitrogens with zero attached hydrogens (tertiary/aromatic N) is 3. The van der Waals surface area contributed by atoms with Gasteiger partial charge < -0.3 is 20.0 Å². The quantitative estimate of drug-likeness (QED) is 0.503. The van der Waals surface area contributed by atoms with Gasteiger partial charge in [0.25, 0.3) is 5.91 Å². The van der Waals surface area contributed by atoms with Gasteiger partial charge in [0.05, 0.1) is 5.92 Å². The first-order valence-electron chi connectivity index (χ1n) is 11.0. The van der Waals surface area contributed by atoms with Gasteiger partial charge in [-0.05, 0) is 60.7 Å². The van der Waals surface area contributed by atoms with E-state index in [2.05, 4.69) is 17.1 Å². The molecule has 0 aliphatic carbocycles. The summed E-state index contributed by atoms with van der Waals surface area (Å²) in [6.07, 6.45) is 3.18. The monoisotopic (exact) mass is 408 g/mol. The van der Waals surface area contributed by atoms with E-state index >= 15 is 0 Å². The number of carbonyl (C=O) groups excluding carboxylic acids is 3. The van der Waals surface area contributed by atoms with Gasteiger partial charge in [-0.15, -0.1) is 0 Å². The molecule has 0 spiro atoms. The van der Waals surface area contributed by atoms with Crippen molar-refractivity contribution in [2.75, 3.05) is 46.8 Å². The van der Waals surface area contributed by atoms with Crippen LogP contribution >= 0.6 is 0 Å². The molecule has 0 aromatic rings. The second kappa shape index (κ2) is 12.6. The van der Waals surface area contributed by atoms with Crippen LogP contribution in [0.5, 0.6) is 0 Å². The third kappa shape index (κ3) is 7.46. The lowest BCUT2D eigenvalue weighted by Gasteiger charge is -2.36. The van der Waals surface area contributed by atoms with Gasteiger partial charge in [0.15, 0.2) is 0 Å². The van der Waals surface area contributed by atoms with Crippen LogP contribution in [0.2, 0.25) is 0 Å². The summed E-state index contributed by atoms with van der Waals surface area (Å²) in [7, 11) is 3.99. The summed E-state index contributed by atoms with van der Waals surface area (Å²) in [4.78, 5) is 44.1. The standard InChI is InChI=1S/C22H40N4O3/c1-7-10-14-26-17(4)19(22(29)25(8-2)9-3)15-18(21(26)28)16-20(27)23-12-11-13-24(5)6/h18H,7-16H2,1-6H3,(H,23,27). The maximum absolute atomic E-state index is 13.1. The number of nitrogens with one attached hydrogen (secondary N) is 1. The van der Waals surface area contributed by atoms with Crippen molar-refractivity contribution in [2.24, 2.45) is 5.92 Å². The molecule has 29 heavy (non-hydrogen) atoms. The van der Waals surface area contributed by atoms with Crippen LogP contribution in [-0.4, -0.2) is 79.2 Å². The Bertz CT molecular complexity index is 597. The number of unbranched alkanes of at least 4 members (excludes halogenated alkanes) is 1. The third-order valence-corrected chi connectivity index (χ3v) is 5.49. The highest BCUT2D eigenvalue weighted by Crippen LogP contribution is 2.31. The minimum absolute atomic E-state index is 0.0158. The van der Waals surface area contributed by atoms with Crippen LogP contribution in [0.25, 0.3) is 0 Å². The van der Waals surface area contributed by atoms with Gasteiger partial charge in [0, 0.05) is 43.9 Å². The fourth-order valence-electron chi connectivity index (χ4n) is 3.65. The average Bonchev–Trinajstić information content (AvgIpc) is 2.68. The molecule has 0 aromatic heterocycles. The highest BCUT2D eigenvalue weighted by atomic mass is 16.2.